The molecule has 10 heteroatoms. The predicted octanol–water partition coefficient (Wildman–Crippen LogP) is 1.11. The Hall–Kier alpha value is -2.39. The molecule has 0 saturated carbocycles. The summed E-state index contributed by atoms with van der Waals surface area (Å²) < 4.78 is 1.71. The van der Waals surface area contributed by atoms with Crippen molar-refractivity contribution < 1.29 is 4.79 Å². The third-order valence-electron chi connectivity index (χ3n) is 5.64. The highest BCUT2D eigenvalue weighted by Gasteiger charge is 2.50. The van der Waals surface area contributed by atoms with E-state index >= 15 is 0 Å². The lowest BCUT2D eigenvalue weighted by Crippen LogP contribution is -2.39. The zero-order valence-corrected chi connectivity index (χ0v) is 17.1. The topological polar surface area (TPSA) is 91.2 Å². The molecule has 4 heterocycles. The number of nitrogens with one attached hydrogen (secondary N) is 2. The second-order valence-corrected chi connectivity index (χ2v) is 8.34. The molecule has 2 atom stereocenters. The van der Waals surface area contributed by atoms with Crippen LogP contribution in [0.25, 0.3) is 0 Å². The lowest BCUT2D eigenvalue weighted by molar-refractivity contribution is -0.129. The van der Waals surface area contributed by atoms with Gasteiger partial charge in [-0.15, -0.1) is 0 Å². The number of hydrogen-bond donors (Lipinski definition) is 2. The summed E-state index contributed by atoms with van der Waals surface area (Å²) in [6.07, 6.45) is 5.20. The number of likely N-dealkylation sites (tertiary alicyclic amines) is 1. The number of likely N-dealkylation sites (N-methyl/N-ethyl adjacent to an activating group) is 1. The SMILES string of the molecule is CNCC(=O)N1C[C@@H]2CN(c3nc(Nc4cnn(C)c4)ncc3Cl)C[C@]2(C)C1. The van der Waals surface area contributed by atoms with Gasteiger partial charge in [-0.2, -0.15) is 10.1 Å². The third-order valence-corrected chi connectivity index (χ3v) is 5.90. The molecule has 2 aliphatic heterocycles. The standard InChI is InChI=1S/C18H25ClN8O/c1-18-10-26(15(28)6-20-2)7-12(18)8-27(11-18)16-14(19)5-21-17(24-16)23-13-4-22-25(3)9-13/h4-5,9,12,20H,6-8,10-11H2,1-3H3,(H,21,23,24)/t12-,18+/m1/s1. The van der Waals surface area contributed by atoms with Gasteiger partial charge in [0.2, 0.25) is 11.9 Å². The Balaban J connectivity index is 1.49. The van der Waals surface area contributed by atoms with E-state index in [2.05, 4.69) is 37.5 Å². The molecule has 0 radical (unpaired) electrons. The van der Waals surface area contributed by atoms with Gasteiger partial charge in [-0.1, -0.05) is 18.5 Å². The Morgan fingerprint density at radius 3 is 2.86 bits per heavy atom. The van der Waals surface area contributed by atoms with Crippen LogP contribution in [0.4, 0.5) is 17.5 Å². The fourth-order valence-electron chi connectivity index (χ4n) is 4.21. The summed E-state index contributed by atoms with van der Waals surface area (Å²) in [5.41, 5.74) is 0.856. The average Bonchev–Trinajstić information content (AvgIpc) is 3.28. The second-order valence-electron chi connectivity index (χ2n) is 7.93. The van der Waals surface area contributed by atoms with Gasteiger partial charge in [0.1, 0.15) is 5.02 Å². The van der Waals surface area contributed by atoms with Crippen LogP contribution in [0.1, 0.15) is 6.92 Å². The molecule has 2 aromatic rings. The van der Waals surface area contributed by atoms with Crippen molar-refractivity contribution in [3.8, 4) is 0 Å². The maximum atomic E-state index is 12.2. The molecule has 2 saturated heterocycles. The van der Waals surface area contributed by atoms with Crippen molar-refractivity contribution in [2.24, 2.45) is 18.4 Å². The monoisotopic (exact) mass is 404 g/mol. The molecule has 0 spiro atoms. The van der Waals surface area contributed by atoms with Crippen molar-refractivity contribution in [3.63, 3.8) is 0 Å². The summed E-state index contributed by atoms with van der Waals surface area (Å²) in [4.78, 5) is 25.3. The highest BCUT2D eigenvalue weighted by atomic mass is 35.5. The summed E-state index contributed by atoms with van der Waals surface area (Å²) >= 11 is 6.42. The smallest absolute Gasteiger partial charge is 0.236 e. The Morgan fingerprint density at radius 1 is 1.36 bits per heavy atom. The molecule has 2 fully saturated rings. The Labute approximate surface area is 169 Å². The van der Waals surface area contributed by atoms with Crippen LogP contribution >= 0.6 is 11.6 Å². The van der Waals surface area contributed by atoms with Gasteiger partial charge < -0.3 is 20.4 Å². The number of aryl methyl sites for hydroxylation is 1. The number of hydrogen-bond acceptors (Lipinski definition) is 7. The minimum Gasteiger partial charge on any atom is -0.354 e. The normalized spacial score (nSPS) is 23.9. The number of carbonyl (C=O) groups excluding carboxylic acids is 1. The number of carbonyl (C=O) groups is 1. The predicted molar refractivity (Wildman–Crippen MR) is 108 cm³/mol. The number of amides is 1. The number of fused-ring (bicyclic) bond motifs is 1. The van der Waals surface area contributed by atoms with Crippen LogP contribution in [-0.4, -0.2) is 70.3 Å². The van der Waals surface area contributed by atoms with Crippen LogP contribution in [-0.2, 0) is 11.8 Å². The van der Waals surface area contributed by atoms with Gasteiger partial charge in [0.15, 0.2) is 5.82 Å². The first kappa shape index (κ1) is 18.9. The first-order valence-corrected chi connectivity index (χ1v) is 9.71. The molecule has 150 valence electrons. The van der Waals surface area contributed by atoms with Gasteiger partial charge in [-0.3, -0.25) is 9.48 Å². The molecule has 28 heavy (non-hydrogen) atoms. The van der Waals surface area contributed by atoms with E-state index in [1.165, 1.54) is 0 Å². The van der Waals surface area contributed by atoms with Gasteiger partial charge in [0.25, 0.3) is 0 Å². The van der Waals surface area contributed by atoms with Crippen molar-refractivity contribution in [2.75, 3.05) is 50.0 Å². The van der Waals surface area contributed by atoms with Crippen LogP contribution in [0.3, 0.4) is 0 Å². The lowest BCUT2D eigenvalue weighted by Gasteiger charge is -2.26. The van der Waals surface area contributed by atoms with E-state index < -0.39 is 0 Å². The van der Waals surface area contributed by atoms with E-state index in [-0.39, 0.29) is 11.3 Å². The Kier molecular flexibility index (Phi) is 4.88. The van der Waals surface area contributed by atoms with Crippen LogP contribution in [0.5, 0.6) is 0 Å². The number of nitrogens with zero attached hydrogens (tertiary/aromatic N) is 6. The van der Waals surface area contributed by atoms with Gasteiger partial charge >= 0.3 is 0 Å². The van der Waals surface area contributed by atoms with Gasteiger partial charge in [-0.05, 0) is 7.05 Å². The van der Waals surface area contributed by atoms with Gasteiger partial charge in [0, 0.05) is 50.8 Å². The summed E-state index contributed by atoms with van der Waals surface area (Å²) in [5.74, 6) is 1.77. The van der Waals surface area contributed by atoms with Crippen LogP contribution in [0.15, 0.2) is 18.6 Å². The zero-order valence-electron chi connectivity index (χ0n) is 16.3. The molecule has 0 aliphatic carbocycles. The average molecular weight is 405 g/mol. The molecule has 0 bridgehead atoms. The molecule has 0 unspecified atom stereocenters. The number of rotatable bonds is 5. The molecule has 0 aromatic carbocycles. The van der Waals surface area contributed by atoms with Crippen molar-refractivity contribution >= 4 is 35.0 Å². The number of halogens is 1. The fraction of sp³-hybridized carbons (Fsp3) is 0.556. The molecular weight excluding hydrogens is 380 g/mol. The van der Waals surface area contributed by atoms with E-state index in [0.29, 0.717) is 23.4 Å². The highest BCUT2D eigenvalue weighted by molar-refractivity contribution is 6.32. The van der Waals surface area contributed by atoms with Crippen molar-refractivity contribution in [2.45, 2.75) is 6.92 Å². The quantitative estimate of drug-likeness (QED) is 0.771. The third kappa shape index (κ3) is 3.51. The van der Waals surface area contributed by atoms with E-state index in [9.17, 15) is 4.79 Å². The summed E-state index contributed by atoms with van der Waals surface area (Å²) in [6, 6.07) is 0. The molecule has 4 rings (SSSR count). The lowest BCUT2D eigenvalue weighted by atomic mass is 9.83. The van der Waals surface area contributed by atoms with Crippen LogP contribution < -0.4 is 15.5 Å². The molecule has 2 N–H and O–H groups in total. The van der Waals surface area contributed by atoms with Gasteiger partial charge in [0.05, 0.1) is 24.6 Å². The fourth-order valence-corrected chi connectivity index (χ4v) is 4.42. The number of aromatic nitrogens is 4. The molecule has 9 nitrogen and oxygen atoms in total. The Morgan fingerprint density at radius 2 is 2.18 bits per heavy atom. The summed E-state index contributed by atoms with van der Waals surface area (Å²) in [5, 5.41) is 10.8. The first-order valence-electron chi connectivity index (χ1n) is 9.33. The number of anilines is 3. The highest BCUT2D eigenvalue weighted by Crippen LogP contribution is 2.44. The van der Waals surface area contributed by atoms with E-state index in [1.807, 2.05) is 18.1 Å². The van der Waals surface area contributed by atoms with Crippen molar-refractivity contribution in [1.82, 2.24) is 30.0 Å². The second kappa shape index (κ2) is 7.21. The maximum absolute atomic E-state index is 12.2. The van der Waals surface area contributed by atoms with Crippen molar-refractivity contribution in [3.05, 3.63) is 23.6 Å². The Bertz CT molecular complexity index is 886. The van der Waals surface area contributed by atoms with Gasteiger partial charge in [-0.25, -0.2) is 4.98 Å². The summed E-state index contributed by atoms with van der Waals surface area (Å²) in [6.45, 7) is 5.80. The molecule has 2 aromatic heterocycles. The van der Waals surface area contributed by atoms with Crippen LogP contribution in [0.2, 0.25) is 5.02 Å². The molecule has 1 amide bonds. The summed E-state index contributed by atoms with van der Waals surface area (Å²) in [7, 11) is 3.65. The minimum atomic E-state index is 0.0363. The van der Waals surface area contributed by atoms with Crippen molar-refractivity contribution in [1.29, 1.82) is 0 Å². The molecule has 2 aliphatic rings. The minimum absolute atomic E-state index is 0.0363. The van der Waals surface area contributed by atoms with E-state index in [1.54, 1.807) is 24.1 Å². The van der Waals surface area contributed by atoms with Crippen LogP contribution in [0, 0.1) is 11.3 Å². The van der Waals surface area contributed by atoms with E-state index in [4.69, 9.17) is 11.6 Å². The maximum Gasteiger partial charge on any atom is 0.236 e. The zero-order chi connectivity index (χ0) is 19.9. The largest absolute Gasteiger partial charge is 0.354 e. The van der Waals surface area contributed by atoms with E-state index in [0.717, 1.165) is 37.7 Å². The molecular formula is C18H25ClN8O. The first-order chi connectivity index (χ1) is 13.4.